The second-order valence-corrected chi connectivity index (χ2v) is 9.65. The lowest BCUT2D eigenvalue weighted by Gasteiger charge is -2.10. The first-order chi connectivity index (χ1) is 17.0. The lowest BCUT2D eigenvalue weighted by atomic mass is 10.0. The predicted molar refractivity (Wildman–Crippen MR) is 143 cm³/mol. The number of aryl methyl sites for hydroxylation is 1. The zero-order valence-corrected chi connectivity index (χ0v) is 22.0. The van der Waals surface area contributed by atoms with E-state index in [9.17, 15) is 9.59 Å². The van der Waals surface area contributed by atoms with E-state index in [2.05, 4.69) is 13.8 Å². The molecule has 0 aliphatic rings. The molecule has 192 valence electrons. The van der Waals surface area contributed by atoms with E-state index in [1.54, 1.807) is 24.3 Å². The van der Waals surface area contributed by atoms with Crippen molar-refractivity contribution in [1.82, 2.24) is 0 Å². The van der Waals surface area contributed by atoms with Gasteiger partial charge < -0.3 is 9.47 Å². The van der Waals surface area contributed by atoms with Gasteiger partial charge in [0, 0.05) is 0 Å². The highest BCUT2D eigenvalue weighted by atomic mass is 16.5. The highest BCUT2D eigenvalue weighted by Crippen LogP contribution is 2.17. The van der Waals surface area contributed by atoms with E-state index in [4.69, 9.17) is 9.47 Å². The average Bonchev–Trinajstić information content (AvgIpc) is 2.88. The molecule has 2 aromatic carbocycles. The van der Waals surface area contributed by atoms with Crippen LogP contribution in [0.15, 0.2) is 48.5 Å². The van der Waals surface area contributed by atoms with Gasteiger partial charge in [-0.1, -0.05) is 97.1 Å². The average molecular weight is 481 g/mol. The summed E-state index contributed by atoms with van der Waals surface area (Å²) in [5.74, 6) is -0.0212. The predicted octanol–water partition coefficient (Wildman–Crippen LogP) is 8.57. The molecule has 2 rings (SSSR count). The Hall–Kier alpha value is -2.62. The van der Waals surface area contributed by atoms with Crippen LogP contribution in [0, 0.1) is 5.92 Å². The topological polar surface area (TPSA) is 52.6 Å². The van der Waals surface area contributed by atoms with E-state index >= 15 is 0 Å². The number of carbonyl (C=O) groups is 2. The van der Waals surface area contributed by atoms with Crippen molar-refractivity contribution in [3.05, 3.63) is 65.2 Å². The SMILES string of the molecule is CCCCCCCCCCCCc1ccc(C(=O)Oc2ccc(C(=O)OCC(C)CC)cc2)cc1. The Kier molecular flexibility index (Phi) is 13.8. The summed E-state index contributed by atoms with van der Waals surface area (Å²) in [6.45, 7) is 6.77. The molecule has 0 fully saturated rings. The molecule has 0 saturated carbocycles. The maximum atomic E-state index is 12.5. The van der Waals surface area contributed by atoms with Crippen molar-refractivity contribution in [3.63, 3.8) is 0 Å². The van der Waals surface area contributed by atoms with Crippen LogP contribution in [0.25, 0.3) is 0 Å². The largest absolute Gasteiger partial charge is 0.462 e. The number of hydrogen-bond donors (Lipinski definition) is 0. The fourth-order valence-electron chi connectivity index (χ4n) is 3.87. The van der Waals surface area contributed by atoms with Crippen LogP contribution in [0.5, 0.6) is 5.75 Å². The normalized spacial score (nSPS) is 11.7. The Balaban J connectivity index is 1.67. The number of carbonyl (C=O) groups excluding carboxylic acids is 2. The molecular weight excluding hydrogens is 436 g/mol. The van der Waals surface area contributed by atoms with Crippen LogP contribution in [0.3, 0.4) is 0 Å². The molecule has 1 unspecified atom stereocenters. The number of esters is 2. The van der Waals surface area contributed by atoms with Gasteiger partial charge in [-0.15, -0.1) is 0 Å². The Labute approximate surface area is 212 Å². The lowest BCUT2D eigenvalue weighted by molar-refractivity contribution is 0.0447. The van der Waals surface area contributed by atoms with Crippen molar-refractivity contribution in [2.45, 2.75) is 97.8 Å². The lowest BCUT2D eigenvalue weighted by Crippen LogP contribution is -2.12. The van der Waals surface area contributed by atoms with Crippen LogP contribution in [0.1, 0.15) is 118 Å². The van der Waals surface area contributed by atoms with Gasteiger partial charge >= 0.3 is 11.9 Å². The molecule has 2 aromatic rings. The maximum absolute atomic E-state index is 12.5. The minimum atomic E-state index is -0.400. The molecule has 0 N–H and O–H groups in total. The summed E-state index contributed by atoms with van der Waals surface area (Å²) in [5, 5.41) is 0. The number of benzene rings is 2. The molecule has 0 aliphatic carbocycles. The van der Waals surface area contributed by atoms with Gasteiger partial charge in [0.25, 0.3) is 0 Å². The van der Waals surface area contributed by atoms with Gasteiger partial charge in [-0.05, 0) is 60.7 Å². The van der Waals surface area contributed by atoms with Crippen molar-refractivity contribution >= 4 is 11.9 Å². The molecule has 0 aliphatic heterocycles. The number of ether oxygens (including phenoxy) is 2. The molecule has 4 nitrogen and oxygen atoms in total. The molecular formula is C31H44O4. The highest BCUT2D eigenvalue weighted by molar-refractivity contribution is 5.92. The molecule has 4 heteroatoms. The second-order valence-electron chi connectivity index (χ2n) is 9.65. The van der Waals surface area contributed by atoms with Gasteiger partial charge in [-0.3, -0.25) is 0 Å². The fourth-order valence-corrected chi connectivity index (χ4v) is 3.87. The van der Waals surface area contributed by atoms with Crippen LogP contribution in [-0.4, -0.2) is 18.5 Å². The summed E-state index contributed by atoms with van der Waals surface area (Å²) in [6, 6.07) is 14.2. The third-order valence-corrected chi connectivity index (χ3v) is 6.51. The van der Waals surface area contributed by atoms with E-state index < -0.39 is 5.97 Å². The molecule has 0 saturated heterocycles. The summed E-state index contributed by atoms with van der Waals surface area (Å²) in [5.41, 5.74) is 2.22. The van der Waals surface area contributed by atoms with Gasteiger partial charge in [0.05, 0.1) is 17.7 Å². The Morgan fingerprint density at radius 3 is 1.77 bits per heavy atom. The van der Waals surface area contributed by atoms with Crippen molar-refractivity contribution in [2.24, 2.45) is 5.92 Å². The maximum Gasteiger partial charge on any atom is 0.343 e. The van der Waals surface area contributed by atoms with E-state index in [1.165, 1.54) is 69.8 Å². The van der Waals surface area contributed by atoms with Crippen molar-refractivity contribution in [2.75, 3.05) is 6.61 Å². The van der Waals surface area contributed by atoms with Crippen molar-refractivity contribution in [1.29, 1.82) is 0 Å². The third kappa shape index (κ3) is 11.6. The van der Waals surface area contributed by atoms with Crippen LogP contribution in [0.2, 0.25) is 0 Å². The van der Waals surface area contributed by atoms with Crippen LogP contribution in [0.4, 0.5) is 0 Å². The van der Waals surface area contributed by atoms with Gasteiger partial charge in [0.1, 0.15) is 5.75 Å². The molecule has 35 heavy (non-hydrogen) atoms. The molecule has 0 bridgehead atoms. The minimum Gasteiger partial charge on any atom is -0.462 e. The monoisotopic (exact) mass is 480 g/mol. The quantitative estimate of drug-likeness (QED) is 0.129. The van der Waals surface area contributed by atoms with E-state index in [1.807, 2.05) is 31.2 Å². The zero-order valence-electron chi connectivity index (χ0n) is 22.0. The highest BCUT2D eigenvalue weighted by Gasteiger charge is 2.12. The third-order valence-electron chi connectivity index (χ3n) is 6.51. The number of unbranched alkanes of at least 4 members (excludes halogenated alkanes) is 9. The van der Waals surface area contributed by atoms with Crippen LogP contribution in [-0.2, 0) is 11.2 Å². The summed E-state index contributed by atoms with van der Waals surface area (Å²) in [7, 11) is 0. The number of hydrogen-bond acceptors (Lipinski definition) is 4. The smallest absolute Gasteiger partial charge is 0.343 e. The summed E-state index contributed by atoms with van der Waals surface area (Å²) >= 11 is 0. The Morgan fingerprint density at radius 1 is 0.686 bits per heavy atom. The molecule has 0 aromatic heterocycles. The first kappa shape index (κ1) is 28.6. The van der Waals surface area contributed by atoms with Gasteiger partial charge in [-0.25, -0.2) is 9.59 Å². The zero-order chi connectivity index (χ0) is 25.3. The molecule has 0 spiro atoms. The van der Waals surface area contributed by atoms with E-state index in [0.717, 1.165) is 12.8 Å². The molecule has 0 amide bonds. The summed E-state index contributed by atoms with van der Waals surface area (Å²) in [6.07, 6.45) is 15.3. The summed E-state index contributed by atoms with van der Waals surface area (Å²) in [4.78, 5) is 24.6. The fraction of sp³-hybridized carbons (Fsp3) is 0.548. The van der Waals surface area contributed by atoms with Crippen LogP contribution < -0.4 is 4.74 Å². The molecule has 0 radical (unpaired) electrons. The van der Waals surface area contributed by atoms with Gasteiger partial charge in [0.15, 0.2) is 0 Å². The first-order valence-corrected chi connectivity index (χ1v) is 13.6. The number of rotatable bonds is 17. The Bertz CT molecular complexity index is 855. The second kappa shape index (κ2) is 16.9. The van der Waals surface area contributed by atoms with Crippen molar-refractivity contribution in [3.8, 4) is 5.75 Å². The van der Waals surface area contributed by atoms with E-state index in [0.29, 0.717) is 29.4 Å². The molecule has 1 atom stereocenters. The summed E-state index contributed by atoms with van der Waals surface area (Å²) < 4.78 is 10.8. The minimum absolute atomic E-state index is 0.334. The van der Waals surface area contributed by atoms with Crippen LogP contribution >= 0.6 is 0 Å². The standard InChI is InChI=1S/C31H44O4/c1-4-6-7-8-9-10-11-12-13-14-15-26-16-18-28(19-17-26)31(33)35-29-22-20-27(21-23-29)30(32)34-24-25(3)5-2/h16-23,25H,4-15,24H2,1-3H3. The molecule has 0 heterocycles. The first-order valence-electron chi connectivity index (χ1n) is 13.6. The van der Waals surface area contributed by atoms with Gasteiger partial charge in [0.2, 0.25) is 0 Å². The van der Waals surface area contributed by atoms with Crippen molar-refractivity contribution < 1.29 is 19.1 Å². The van der Waals surface area contributed by atoms with E-state index in [-0.39, 0.29) is 5.97 Å². The van der Waals surface area contributed by atoms with Gasteiger partial charge in [-0.2, -0.15) is 0 Å². The Morgan fingerprint density at radius 2 is 1.20 bits per heavy atom.